The largest absolute Gasteiger partial charge is 0.413 e. The number of aromatic nitrogens is 1. The number of nitrogens with one attached hydrogen (secondary N) is 1. The normalized spacial score (nSPS) is 11.5. The van der Waals surface area contributed by atoms with Crippen molar-refractivity contribution in [2.24, 2.45) is 0 Å². The molecule has 1 unspecified atom stereocenters. The monoisotopic (exact) mass is 322 g/mol. The van der Waals surface area contributed by atoms with Crippen LogP contribution >= 0.6 is 11.6 Å². The second kappa shape index (κ2) is 7.51. The Morgan fingerprint density at radius 1 is 1.36 bits per heavy atom. The first kappa shape index (κ1) is 15.9. The molecule has 0 saturated carbocycles. The van der Waals surface area contributed by atoms with Crippen LogP contribution in [0.5, 0.6) is 5.75 Å². The first-order valence-corrected chi connectivity index (χ1v) is 6.76. The number of carbonyl (C=O) groups is 2. The molecule has 1 amide bonds. The van der Waals surface area contributed by atoms with E-state index in [2.05, 4.69) is 10.3 Å². The van der Waals surface area contributed by atoms with Gasteiger partial charge >= 0.3 is 6.09 Å². The van der Waals surface area contributed by atoms with Gasteiger partial charge in [0.2, 0.25) is 0 Å². The van der Waals surface area contributed by atoms with Gasteiger partial charge in [0, 0.05) is 12.6 Å². The minimum atomic E-state index is -0.965. The topological polar surface area (TPSA) is 68.3 Å². The van der Waals surface area contributed by atoms with Crippen molar-refractivity contribution in [1.82, 2.24) is 10.3 Å². The highest BCUT2D eigenvalue weighted by atomic mass is 35.5. The van der Waals surface area contributed by atoms with Crippen LogP contribution in [0, 0.1) is 5.82 Å². The molecule has 1 aromatic carbocycles. The summed E-state index contributed by atoms with van der Waals surface area (Å²) in [5, 5.41) is 2.26. The number of halogens is 2. The average Bonchev–Trinajstić information content (AvgIpc) is 2.50. The Kier molecular flexibility index (Phi) is 5.43. The van der Waals surface area contributed by atoms with Gasteiger partial charge in [-0.05, 0) is 18.2 Å². The third-order valence-corrected chi connectivity index (χ3v) is 3.07. The number of hydrogen-bond donors (Lipinski definition) is 1. The number of amides is 1. The summed E-state index contributed by atoms with van der Waals surface area (Å²) < 4.78 is 19.0. The molecule has 1 heterocycles. The zero-order valence-electron chi connectivity index (χ0n) is 11.3. The van der Waals surface area contributed by atoms with Crippen LogP contribution in [0.25, 0.3) is 0 Å². The maximum Gasteiger partial charge on any atom is 0.413 e. The molecule has 1 atom stereocenters. The molecule has 0 radical (unpaired) electrons. The fourth-order valence-corrected chi connectivity index (χ4v) is 1.93. The number of benzene rings is 1. The molecule has 114 valence electrons. The molecule has 7 heteroatoms. The van der Waals surface area contributed by atoms with Gasteiger partial charge in [-0.3, -0.25) is 4.98 Å². The number of rotatable bonds is 5. The molecule has 0 aliphatic rings. The number of aldehydes is 1. The van der Waals surface area contributed by atoms with E-state index < -0.39 is 18.0 Å². The summed E-state index contributed by atoms with van der Waals surface area (Å²) in [4.78, 5) is 26.4. The lowest BCUT2D eigenvalue weighted by molar-refractivity contribution is -0.108. The summed E-state index contributed by atoms with van der Waals surface area (Å²) in [6.07, 6.45) is 0.867. The molecule has 0 saturated heterocycles. The molecule has 1 N–H and O–H groups in total. The first-order chi connectivity index (χ1) is 10.6. The second-order valence-electron chi connectivity index (χ2n) is 4.29. The Hall–Kier alpha value is -2.47. The van der Waals surface area contributed by atoms with E-state index in [9.17, 15) is 14.0 Å². The van der Waals surface area contributed by atoms with E-state index in [1.165, 1.54) is 12.3 Å². The molecule has 2 aromatic rings. The number of para-hydroxylation sites is 1. The lowest BCUT2D eigenvalue weighted by Gasteiger charge is -2.16. The van der Waals surface area contributed by atoms with E-state index in [1.54, 1.807) is 30.3 Å². The maximum absolute atomic E-state index is 13.9. The van der Waals surface area contributed by atoms with Crippen LogP contribution in [0.4, 0.5) is 9.18 Å². The quantitative estimate of drug-likeness (QED) is 0.858. The van der Waals surface area contributed by atoms with Crippen LogP contribution in [0.15, 0.2) is 42.6 Å². The van der Waals surface area contributed by atoms with Crippen molar-refractivity contribution in [3.8, 4) is 5.75 Å². The molecule has 1 aromatic heterocycles. The smallest absolute Gasteiger partial charge is 0.410 e. The number of hydrogen-bond acceptors (Lipinski definition) is 4. The Morgan fingerprint density at radius 3 is 2.77 bits per heavy atom. The van der Waals surface area contributed by atoms with E-state index in [0.29, 0.717) is 12.0 Å². The zero-order chi connectivity index (χ0) is 15.9. The number of pyridine rings is 1. The van der Waals surface area contributed by atoms with E-state index in [4.69, 9.17) is 16.3 Å². The summed E-state index contributed by atoms with van der Waals surface area (Å²) in [5.74, 6) is -0.458. The number of carbonyl (C=O) groups excluding carboxylic acids is 2. The Labute approximate surface area is 131 Å². The molecule has 0 aliphatic heterocycles. The fourth-order valence-electron chi connectivity index (χ4n) is 1.78. The van der Waals surface area contributed by atoms with E-state index in [0.717, 1.165) is 0 Å². The molecule has 0 aliphatic carbocycles. The highest BCUT2D eigenvalue weighted by molar-refractivity contribution is 6.30. The van der Waals surface area contributed by atoms with E-state index in [1.807, 2.05) is 0 Å². The minimum Gasteiger partial charge on any atom is -0.410 e. The van der Waals surface area contributed by atoms with Crippen LogP contribution in [-0.2, 0) is 4.79 Å². The predicted molar refractivity (Wildman–Crippen MR) is 78.2 cm³/mol. The molecule has 0 fully saturated rings. The molecule has 22 heavy (non-hydrogen) atoms. The van der Waals surface area contributed by atoms with Gasteiger partial charge in [0.05, 0.1) is 11.1 Å². The summed E-state index contributed by atoms with van der Waals surface area (Å²) >= 11 is 5.68. The molecular weight excluding hydrogens is 311 g/mol. The van der Waals surface area contributed by atoms with Gasteiger partial charge in [0.25, 0.3) is 0 Å². The molecule has 2 rings (SSSR count). The van der Waals surface area contributed by atoms with Crippen molar-refractivity contribution in [3.05, 3.63) is 59.1 Å². The SMILES string of the molecule is O=CCC(NC(=O)Oc1ccccc1)c1nccc(Cl)c1F. The summed E-state index contributed by atoms with van der Waals surface area (Å²) in [7, 11) is 0. The van der Waals surface area contributed by atoms with Crippen molar-refractivity contribution in [3.63, 3.8) is 0 Å². The zero-order valence-corrected chi connectivity index (χ0v) is 12.1. The first-order valence-electron chi connectivity index (χ1n) is 6.38. The van der Waals surface area contributed by atoms with Crippen LogP contribution in [0.3, 0.4) is 0 Å². The van der Waals surface area contributed by atoms with Gasteiger partial charge in [-0.25, -0.2) is 9.18 Å². The molecular formula is C15H12ClFN2O3. The average molecular weight is 323 g/mol. The van der Waals surface area contributed by atoms with Crippen molar-refractivity contribution in [1.29, 1.82) is 0 Å². The number of ether oxygens (including phenoxy) is 1. The van der Waals surface area contributed by atoms with Gasteiger partial charge in [0.15, 0.2) is 5.82 Å². The highest BCUT2D eigenvalue weighted by Crippen LogP contribution is 2.23. The van der Waals surface area contributed by atoms with Gasteiger partial charge in [-0.15, -0.1) is 0 Å². The summed E-state index contributed by atoms with van der Waals surface area (Å²) in [6.45, 7) is 0. The van der Waals surface area contributed by atoms with Gasteiger partial charge < -0.3 is 14.8 Å². The van der Waals surface area contributed by atoms with E-state index in [-0.39, 0.29) is 17.1 Å². The van der Waals surface area contributed by atoms with Crippen LogP contribution < -0.4 is 10.1 Å². The van der Waals surface area contributed by atoms with Crippen LogP contribution in [0.1, 0.15) is 18.2 Å². The maximum atomic E-state index is 13.9. The molecule has 5 nitrogen and oxygen atoms in total. The van der Waals surface area contributed by atoms with E-state index >= 15 is 0 Å². The van der Waals surface area contributed by atoms with Crippen LogP contribution in [-0.4, -0.2) is 17.4 Å². The van der Waals surface area contributed by atoms with Crippen molar-refractivity contribution >= 4 is 24.0 Å². The molecule has 0 spiro atoms. The Balaban J connectivity index is 2.13. The van der Waals surface area contributed by atoms with Crippen LogP contribution in [0.2, 0.25) is 5.02 Å². The highest BCUT2D eigenvalue weighted by Gasteiger charge is 2.21. The predicted octanol–water partition coefficient (Wildman–Crippen LogP) is 3.29. The lowest BCUT2D eigenvalue weighted by atomic mass is 10.1. The van der Waals surface area contributed by atoms with Gasteiger partial charge in [0.1, 0.15) is 17.7 Å². The standard InChI is InChI=1S/C15H12ClFN2O3/c16-11-6-8-18-14(13(11)17)12(7-9-20)19-15(21)22-10-4-2-1-3-5-10/h1-6,8-9,12H,7H2,(H,19,21). The summed E-state index contributed by atoms with van der Waals surface area (Å²) in [5.41, 5.74) is -0.121. The third kappa shape index (κ3) is 4.02. The third-order valence-electron chi connectivity index (χ3n) is 2.78. The van der Waals surface area contributed by atoms with Gasteiger partial charge in [-0.2, -0.15) is 0 Å². The van der Waals surface area contributed by atoms with Gasteiger partial charge in [-0.1, -0.05) is 29.8 Å². The minimum absolute atomic E-state index is 0.121. The second-order valence-corrected chi connectivity index (χ2v) is 4.70. The lowest BCUT2D eigenvalue weighted by Crippen LogP contribution is -2.32. The number of nitrogens with zero attached hydrogens (tertiary/aromatic N) is 1. The molecule has 0 bridgehead atoms. The van der Waals surface area contributed by atoms with Crippen molar-refractivity contribution < 1.29 is 18.7 Å². The Bertz CT molecular complexity index is 667. The van der Waals surface area contributed by atoms with Crippen molar-refractivity contribution in [2.75, 3.05) is 0 Å². The summed E-state index contributed by atoms with van der Waals surface area (Å²) in [6, 6.07) is 8.66. The Morgan fingerprint density at radius 2 is 2.09 bits per heavy atom. The fraction of sp³-hybridized carbons (Fsp3) is 0.133. The van der Waals surface area contributed by atoms with Crippen molar-refractivity contribution in [2.45, 2.75) is 12.5 Å².